The first kappa shape index (κ1) is 13.4. The number of fused-ring (bicyclic) bond motifs is 1. The van der Waals surface area contributed by atoms with E-state index in [1.807, 2.05) is 37.3 Å². The Morgan fingerprint density at radius 3 is 2.86 bits per heavy atom. The first-order valence-corrected chi connectivity index (χ1v) is 6.91. The third-order valence-corrected chi connectivity index (χ3v) is 3.37. The van der Waals surface area contributed by atoms with Crippen LogP contribution in [0.4, 0.5) is 0 Å². The number of aryl methyl sites for hydroxylation is 1. The lowest BCUT2D eigenvalue weighted by Gasteiger charge is -2.05. The van der Waals surface area contributed by atoms with Gasteiger partial charge in [-0.05, 0) is 18.6 Å². The average molecular weight is 284 g/mol. The number of carboxylic acid groups (broad SMARTS) is 1. The standard InChI is InChI=1S/C15H16N4O2/c1-2-5-13-17-18-15(19(13)9-14(20)21)12-8-10-6-3-4-7-11(10)16-12/h3-4,6-8,16H,2,5,9H2,1H3,(H,20,21). The minimum absolute atomic E-state index is 0.132. The van der Waals surface area contributed by atoms with Crippen molar-refractivity contribution in [2.75, 3.05) is 0 Å². The fourth-order valence-electron chi connectivity index (χ4n) is 2.44. The van der Waals surface area contributed by atoms with Crippen LogP contribution in [0.1, 0.15) is 19.2 Å². The molecule has 0 amide bonds. The van der Waals surface area contributed by atoms with Gasteiger partial charge in [-0.3, -0.25) is 9.36 Å². The van der Waals surface area contributed by atoms with E-state index in [1.165, 1.54) is 0 Å². The SMILES string of the molecule is CCCc1nnc(-c2cc3ccccc3[nH]2)n1CC(=O)O. The van der Waals surface area contributed by atoms with Gasteiger partial charge in [0.1, 0.15) is 12.4 Å². The third-order valence-electron chi connectivity index (χ3n) is 3.37. The lowest BCUT2D eigenvalue weighted by atomic mass is 10.2. The second kappa shape index (κ2) is 5.40. The van der Waals surface area contributed by atoms with Gasteiger partial charge in [0.05, 0.1) is 5.69 Å². The molecule has 0 aliphatic carbocycles. The fraction of sp³-hybridized carbons (Fsp3) is 0.267. The molecule has 6 nitrogen and oxygen atoms in total. The van der Waals surface area contributed by atoms with Gasteiger partial charge in [0.15, 0.2) is 5.82 Å². The number of carboxylic acids is 1. The molecule has 21 heavy (non-hydrogen) atoms. The molecule has 0 aliphatic heterocycles. The van der Waals surface area contributed by atoms with Gasteiger partial charge in [0, 0.05) is 17.3 Å². The van der Waals surface area contributed by atoms with Gasteiger partial charge in [0.25, 0.3) is 0 Å². The highest BCUT2D eigenvalue weighted by atomic mass is 16.4. The summed E-state index contributed by atoms with van der Waals surface area (Å²) >= 11 is 0. The molecule has 2 aromatic heterocycles. The third kappa shape index (κ3) is 2.52. The van der Waals surface area contributed by atoms with E-state index in [0.717, 1.165) is 23.0 Å². The lowest BCUT2D eigenvalue weighted by molar-refractivity contribution is -0.137. The van der Waals surface area contributed by atoms with E-state index in [2.05, 4.69) is 15.2 Å². The number of aromatic amines is 1. The number of nitrogens with zero attached hydrogens (tertiary/aromatic N) is 3. The Kier molecular flexibility index (Phi) is 3.43. The van der Waals surface area contributed by atoms with Gasteiger partial charge in [-0.1, -0.05) is 25.1 Å². The van der Waals surface area contributed by atoms with Crippen LogP contribution in [-0.4, -0.2) is 30.8 Å². The first-order chi connectivity index (χ1) is 10.2. The number of carbonyl (C=O) groups is 1. The lowest BCUT2D eigenvalue weighted by Crippen LogP contribution is -2.13. The van der Waals surface area contributed by atoms with E-state index in [0.29, 0.717) is 18.1 Å². The quantitative estimate of drug-likeness (QED) is 0.753. The van der Waals surface area contributed by atoms with Gasteiger partial charge in [0.2, 0.25) is 0 Å². The molecule has 0 saturated carbocycles. The highest BCUT2D eigenvalue weighted by Crippen LogP contribution is 2.23. The van der Waals surface area contributed by atoms with Crippen molar-refractivity contribution in [2.45, 2.75) is 26.3 Å². The van der Waals surface area contributed by atoms with Crippen LogP contribution in [0.25, 0.3) is 22.4 Å². The van der Waals surface area contributed by atoms with E-state index in [4.69, 9.17) is 5.11 Å². The van der Waals surface area contributed by atoms with Crippen molar-refractivity contribution in [3.63, 3.8) is 0 Å². The molecule has 0 aliphatic rings. The van der Waals surface area contributed by atoms with Crippen molar-refractivity contribution < 1.29 is 9.90 Å². The van der Waals surface area contributed by atoms with E-state index < -0.39 is 5.97 Å². The summed E-state index contributed by atoms with van der Waals surface area (Å²) in [6, 6.07) is 9.86. The Balaban J connectivity index is 2.10. The van der Waals surface area contributed by atoms with Crippen molar-refractivity contribution in [2.24, 2.45) is 0 Å². The normalized spacial score (nSPS) is 11.1. The monoisotopic (exact) mass is 284 g/mol. The summed E-state index contributed by atoms with van der Waals surface area (Å²) in [5.41, 5.74) is 1.78. The van der Waals surface area contributed by atoms with Gasteiger partial charge in [-0.2, -0.15) is 0 Å². The van der Waals surface area contributed by atoms with Gasteiger partial charge in [-0.25, -0.2) is 0 Å². The van der Waals surface area contributed by atoms with Crippen LogP contribution in [0, 0.1) is 0 Å². The van der Waals surface area contributed by atoms with Gasteiger partial charge >= 0.3 is 5.97 Å². The summed E-state index contributed by atoms with van der Waals surface area (Å²) in [5, 5.41) is 18.5. The zero-order valence-electron chi connectivity index (χ0n) is 11.7. The Bertz CT molecular complexity index is 755. The molecule has 0 unspecified atom stereocenters. The molecular weight excluding hydrogens is 268 g/mol. The maximum Gasteiger partial charge on any atom is 0.323 e. The summed E-state index contributed by atoms with van der Waals surface area (Å²) in [6.45, 7) is 1.90. The topological polar surface area (TPSA) is 83.8 Å². The molecule has 0 fully saturated rings. The van der Waals surface area contributed by atoms with Crippen LogP contribution in [0.3, 0.4) is 0 Å². The van der Waals surface area contributed by atoms with Crippen LogP contribution in [-0.2, 0) is 17.8 Å². The number of aromatic nitrogens is 4. The highest BCUT2D eigenvalue weighted by molar-refractivity contribution is 5.84. The number of hydrogen-bond donors (Lipinski definition) is 2. The van der Waals surface area contributed by atoms with Crippen molar-refractivity contribution in [1.29, 1.82) is 0 Å². The summed E-state index contributed by atoms with van der Waals surface area (Å²) in [7, 11) is 0. The smallest absolute Gasteiger partial charge is 0.323 e. The zero-order chi connectivity index (χ0) is 14.8. The summed E-state index contributed by atoms with van der Waals surface area (Å²) in [6.07, 6.45) is 1.60. The van der Waals surface area contributed by atoms with Crippen molar-refractivity contribution in [3.8, 4) is 11.5 Å². The first-order valence-electron chi connectivity index (χ1n) is 6.91. The predicted molar refractivity (Wildman–Crippen MR) is 78.9 cm³/mol. The van der Waals surface area contributed by atoms with Crippen LogP contribution in [0.2, 0.25) is 0 Å². The zero-order valence-corrected chi connectivity index (χ0v) is 11.7. The van der Waals surface area contributed by atoms with Crippen molar-refractivity contribution >= 4 is 16.9 Å². The molecular formula is C15H16N4O2. The highest BCUT2D eigenvalue weighted by Gasteiger charge is 2.17. The largest absolute Gasteiger partial charge is 0.480 e. The number of hydrogen-bond acceptors (Lipinski definition) is 3. The molecule has 0 saturated heterocycles. The number of para-hydroxylation sites is 1. The molecule has 3 rings (SSSR count). The maximum atomic E-state index is 11.1. The van der Waals surface area contributed by atoms with Crippen LogP contribution < -0.4 is 0 Å². The molecule has 2 heterocycles. The summed E-state index contributed by atoms with van der Waals surface area (Å²) in [4.78, 5) is 14.4. The molecule has 108 valence electrons. The van der Waals surface area contributed by atoms with Crippen LogP contribution in [0.15, 0.2) is 30.3 Å². The molecule has 0 atom stereocenters. The Hall–Kier alpha value is -2.63. The van der Waals surface area contributed by atoms with E-state index in [-0.39, 0.29) is 6.54 Å². The Labute approximate surface area is 121 Å². The fourth-order valence-corrected chi connectivity index (χ4v) is 2.44. The van der Waals surface area contributed by atoms with E-state index >= 15 is 0 Å². The Morgan fingerprint density at radius 2 is 2.14 bits per heavy atom. The molecule has 6 heteroatoms. The molecule has 0 spiro atoms. The minimum Gasteiger partial charge on any atom is -0.480 e. The maximum absolute atomic E-state index is 11.1. The second-order valence-electron chi connectivity index (χ2n) is 4.94. The second-order valence-corrected chi connectivity index (χ2v) is 4.94. The van der Waals surface area contributed by atoms with Crippen LogP contribution >= 0.6 is 0 Å². The Morgan fingerprint density at radius 1 is 1.33 bits per heavy atom. The van der Waals surface area contributed by atoms with Gasteiger partial charge in [-0.15, -0.1) is 10.2 Å². The molecule has 0 radical (unpaired) electrons. The van der Waals surface area contributed by atoms with E-state index in [1.54, 1.807) is 4.57 Å². The van der Waals surface area contributed by atoms with Crippen LogP contribution in [0.5, 0.6) is 0 Å². The number of H-pyrrole nitrogens is 1. The number of benzene rings is 1. The minimum atomic E-state index is -0.899. The summed E-state index contributed by atoms with van der Waals surface area (Å²) < 4.78 is 1.66. The van der Waals surface area contributed by atoms with Gasteiger partial charge < -0.3 is 10.1 Å². The summed E-state index contributed by atoms with van der Waals surface area (Å²) in [5.74, 6) is 0.370. The average Bonchev–Trinajstić information content (AvgIpc) is 3.03. The predicted octanol–water partition coefficient (Wildman–Crippen LogP) is 2.46. The van der Waals surface area contributed by atoms with Crippen molar-refractivity contribution in [3.05, 3.63) is 36.2 Å². The number of rotatable bonds is 5. The molecule has 2 N–H and O–H groups in total. The number of aliphatic carboxylic acids is 1. The molecule has 1 aromatic carbocycles. The molecule has 0 bridgehead atoms. The molecule has 3 aromatic rings. The van der Waals surface area contributed by atoms with Crippen molar-refractivity contribution in [1.82, 2.24) is 19.7 Å². The number of nitrogens with one attached hydrogen (secondary N) is 1. The van der Waals surface area contributed by atoms with E-state index in [9.17, 15) is 4.79 Å².